The highest BCUT2D eigenvalue weighted by molar-refractivity contribution is 6.57. The number of nitrogens with two attached hydrogens (primary N) is 1. The molecule has 0 aromatic heterocycles. The second kappa shape index (κ2) is 19.2. The van der Waals surface area contributed by atoms with Gasteiger partial charge in [0.2, 0.25) is 37.3 Å². The lowest BCUT2D eigenvalue weighted by molar-refractivity contribution is -0.141. The molecule has 272 valence electrons. The SMILES string of the molecule is [B]C(=O)N[C@H](C(=O)N[C@@H](Cc1ccc2ccccc2c1)C(=O)NC(CCC)C(=O)C(=O)NCC(=O)N[C@H](C(N)=O)c1ccccc1)C1CCCCC1. The van der Waals surface area contributed by atoms with E-state index in [4.69, 9.17) is 13.6 Å². The maximum absolute atomic E-state index is 13.9. The first kappa shape index (κ1) is 39.3. The average molecular weight is 709 g/mol. The van der Waals surface area contributed by atoms with Gasteiger partial charge in [0, 0.05) is 6.42 Å². The van der Waals surface area contributed by atoms with Gasteiger partial charge in [0.25, 0.3) is 5.91 Å². The highest BCUT2D eigenvalue weighted by Gasteiger charge is 2.35. The molecular formula is C38H45BN6O7. The minimum Gasteiger partial charge on any atom is -0.368 e. The molecule has 52 heavy (non-hydrogen) atoms. The van der Waals surface area contributed by atoms with E-state index in [-0.39, 0.29) is 18.8 Å². The summed E-state index contributed by atoms with van der Waals surface area (Å²) >= 11 is 0. The van der Waals surface area contributed by atoms with E-state index >= 15 is 0 Å². The summed E-state index contributed by atoms with van der Waals surface area (Å²) in [6.45, 7) is 1.13. The minimum absolute atomic E-state index is 0.0399. The van der Waals surface area contributed by atoms with E-state index < -0.39 is 71.8 Å². The molecule has 0 heterocycles. The van der Waals surface area contributed by atoms with Gasteiger partial charge in [0.05, 0.1) is 12.6 Å². The highest BCUT2D eigenvalue weighted by Crippen LogP contribution is 2.27. The topological polar surface area (TPSA) is 206 Å². The monoisotopic (exact) mass is 708 g/mol. The molecular weight excluding hydrogens is 663 g/mol. The van der Waals surface area contributed by atoms with E-state index in [0.29, 0.717) is 24.8 Å². The van der Waals surface area contributed by atoms with E-state index in [0.717, 1.165) is 35.6 Å². The fourth-order valence-corrected chi connectivity index (χ4v) is 6.50. The van der Waals surface area contributed by atoms with Gasteiger partial charge in [-0.25, -0.2) is 0 Å². The summed E-state index contributed by atoms with van der Waals surface area (Å²) in [6, 6.07) is 17.0. The molecule has 3 aromatic carbocycles. The predicted molar refractivity (Wildman–Crippen MR) is 196 cm³/mol. The lowest BCUT2D eigenvalue weighted by Crippen LogP contribution is -2.58. The summed E-state index contributed by atoms with van der Waals surface area (Å²) in [4.78, 5) is 90.5. The zero-order chi connectivity index (χ0) is 37.6. The van der Waals surface area contributed by atoms with Crippen LogP contribution in [0.4, 0.5) is 4.79 Å². The van der Waals surface area contributed by atoms with Crippen molar-refractivity contribution in [1.82, 2.24) is 26.6 Å². The van der Waals surface area contributed by atoms with E-state index in [1.165, 1.54) is 0 Å². The van der Waals surface area contributed by atoms with E-state index in [1.807, 2.05) is 42.5 Å². The Morgan fingerprint density at radius 1 is 0.769 bits per heavy atom. The first-order chi connectivity index (χ1) is 25.0. The third-order valence-electron chi connectivity index (χ3n) is 9.15. The van der Waals surface area contributed by atoms with Crippen molar-refractivity contribution in [3.63, 3.8) is 0 Å². The molecule has 4 rings (SSSR count). The number of fused-ring (bicyclic) bond motifs is 1. The van der Waals surface area contributed by atoms with Crippen molar-refractivity contribution in [2.24, 2.45) is 11.7 Å². The van der Waals surface area contributed by atoms with Crippen molar-refractivity contribution >= 4 is 59.7 Å². The van der Waals surface area contributed by atoms with Gasteiger partial charge >= 0.3 is 0 Å². The van der Waals surface area contributed by atoms with Crippen LogP contribution in [0, 0.1) is 5.92 Å². The lowest BCUT2D eigenvalue weighted by atomic mass is 9.83. The number of primary amides is 1. The van der Waals surface area contributed by atoms with Crippen LogP contribution in [0.1, 0.15) is 69.0 Å². The summed E-state index contributed by atoms with van der Waals surface area (Å²) < 4.78 is 0. The second-order valence-electron chi connectivity index (χ2n) is 13.0. The van der Waals surface area contributed by atoms with Crippen LogP contribution in [-0.2, 0) is 35.2 Å². The van der Waals surface area contributed by atoms with Gasteiger partial charge in [-0.15, -0.1) is 0 Å². The quantitative estimate of drug-likeness (QED) is 0.0908. The van der Waals surface area contributed by atoms with Crippen LogP contribution < -0.4 is 32.3 Å². The van der Waals surface area contributed by atoms with Gasteiger partial charge in [-0.05, 0) is 47.1 Å². The molecule has 1 saturated carbocycles. The summed E-state index contributed by atoms with van der Waals surface area (Å²) in [5.74, 6) is -6.03. The summed E-state index contributed by atoms with van der Waals surface area (Å²) in [7, 11) is 5.44. The van der Waals surface area contributed by atoms with Crippen LogP contribution in [-0.4, -0.2) is 73.6 Å². The Kier molecular flexibility index (Phi) is 14.5. The normalized spacial score (nSPS) is 15.2. The lowest BCUT2D eigenvalue weighted by Gasteiger charge is -2.31. The van der Waals surface area contributed by atoms with E-state index in [9.17, 15) is 33.6 Å². The van der Waals surface area contributed by atoms with Gasteiger partial charge in [-0.2, -0.15) is 0 Å². The number of ketones is 1. The standard InChI is InChI=1S/C38H45BN6O7/c1-2-11-28(33(47)37(51)41-22-30(46)44-31(34(40)48)25-13-5-3-6-14-25)42-35(49)29(21-23-18-19-24-12-9-10-17-27(24)20-23)43-36(50)32(45-38(39)52)26-15-7-4-8-16-26/h3,5-6,9-10,12-14,17-20,26,28-29,31-32H,2,4,7-8,11,15-16,21-22H2,1H3,(H2,40,48)(H,41,51)(H,42,49)(H,43,50)(H,44,46)(H,45,52)/t28?,29-,31-,32-/m0/s1. The van der Waals surface area contributed by atoms with Crippen LogP contribution in [0.15, 0.2) is 72.8 Å². The van der Waals surface area contributed by atoms with Crippen LogP contribution in [0.5, 0.6) is 0 Å². The van der Waals surface area contributed by atoms with Crippen LogP contribution in [0.25, 0.3) is 10.8 Å². The van der Waals surface area contributed by atoms with Crippen molar-refractivity contribution in [2.75, 3.05) is 6.54 Å². The number of rotatable bonds is 17. The Balaban J connectivity index is 1.48. The van der Waals surface area contributed by atoms with Crippen molar-refractivity contribution < 1.29 is 33.6 Å². The molecule has 0 saturated heterocycles. The zero-order valence-corrected chi connectivity index (χ0v) is 29.2. The third kappa shape index (κ3) is 11.2. The van der Waals surface area contributed by atoms with Gasteiger partial charge in [0.15, 0.2) is 5.81 Å². The van der Waals surface area contributed by atoms with Crippen LogP contribution in [0.3, 0.4) is 0 Å². The minimum atomic E-state index is -1.28. The zero-order valence-electron chi connectivity index (χ0n) is 29.2. The number of hydrogen-bond donors (Lipinski definition) is 6. The van der Waals surface area contributed by atoms with Gasteiger partial charge < -0.3 is 32.3 Å². The molecule has 2 radical (unpaired) electrons. The van der Waals surface area contributed by atoms with Gasteiger partial charge in [0.1, 0.15) is 18.1 Å². The summed E-state index contributed by atoms with van der Waals surface area (Å²) in [6.07, 6.45) is 4.74. The Morgan fingerprint density at radius 3 is 2.08 bits per heavy atom. The number of amides is 6. The van der Waals surface area contributed by atoms with E-state index in [1.54, 1.807) is 37.3 Å². The molecule has 0 aliphatic heterocycles. The maximum atomic E-state index is 13.9. The Bertz CT molecular complexity index is 1760. The number of Topliss-reactive ketones (excluding diaryl/α,β-unsaturated/α-hetero) is 1. The summed E-state index contributed by atoms with van der Waals surface area (Å²) in [5.41, 5.74) is 6.63. The number of nitrogens with one attached hydrogen (secondary N) is 5. The Hall–Kier alpha value is -5.53. The first-order valence-electron chi connectivity index (χ1n) is 17.6. The molecule has 3 aromatic rings. The Morgan fingerprint density at radius 2 is 1.42 bits per heavy atom. The molecule has 0 spiro atoms. The molecule has 4 atom stereocenters. The summed E-state index contributed by atoms with van der Waals surface area (Å²) in [5, 5.41) is 14.6. The van der Waals surface area contributed by atoms with E-state index in [2.05, 4.69) is 26.6 Å². The van der Waals surface area contributed by atoms with Crippen molar-refractivity contribution in [2.45, 2.75) is 82.5 Å². The van der Waals surface area contributed by atoms with Crippen molar-refractivity contribution in [3.05, 3.63) is 83.9 Å². The maximum Gasteiger partial charge on any atom is 0.290 e. The number of carbonyl (C=O) groups is 7. The first-order valence-corrected chi connectivity index (χ1v) is 17.6. The van der Waals surface area contributed by atoms with Crippen LogP contribution >= 0.6 is 0 Å². The predicted octanol–water partition coefficient (Wildman–Crippen LogP) is 2.01. The fraction of sp³-hybridized carbons (Fsp3) is 0.395. The van der Waals surface area contributed by atoms with Crippen LogP contribution in [0.2, 0.25) is 0 Å². The van der Waals surface area contributed by atoms with Crippen molar-refractivity contribution in [1.29, 1.82) is 0 Å². The molecule has 6 amide bonds. The largest absolute Gasteiger partial charge is 0.368 e. The van der Waals surface area contributed by atoms with Gasteiger partial charge in [-0.1, -0.05) is 105 Å². The Labute approximate surface area is 304 Å². The average Bonchev–Trinajstić information content (AvgIpc) is 3.14. The molecule has 14 heteroatoms. The fourth-order valence-electron chi connectivity index (χ4n) is 6.50. The number of carbonyl (C=O) groups excluding carboxylic acids is 7. The third-order valence-corrected chi connectivity index (χ3v) is 9.15. The number of benzene rings is 3. The second-order valence-corrected chi connectivity index (χ2v) is 13.0. The molecule has 1 fully saturated rings. The molecule has 1 aliphatic rings. The van der Waals surface area contributed by atoms with Gasteiger partial charge in [-0.3, -0.25) is 33.6 Å². The molecule has 7 N–H and O–H groups in total. The molecule has 1 aliphatic carbocycles. The molecule has 13 nitrogen and oxygen atoms in total. The highest BCUT2D eigenvalue weighted by atomic mass is 16.2. The number of hydrogen-bond acceptors (Lipinski definition) is 7. The van der Waals surface area contributed by atoms with Crippen molar-refractivity contribution in [3.8, 4) is 0 Å². The molecule has 1 unspecified atom stereocenters. The molecule has 0 bridgehead atoms. The smallest absolute Gasteiger partial charge is 0.290 e.